The Morgan fingerprint density at radius 1 is 1.05 bits per heavy atom. The molecule has 1 amide bonds. The largest absolute Gasteiger partial charge is 0.457 e. The van der Waals surface area contributed by atoms with Crippen LogP contribution in [0.3, 0.4) is 0 Å². The van der Waals surface area contributed by atoms with Gasteiger partial charge in [-0.25, -0.2) is 14.8 Å². The van der Waals surface area contributed by atoms with E-state index in [1.807, 2.05) is 30.3 Å². The van der Waals surface area contributed by atoms with Gasteiger partial charge in [-0.15, -0.1) is 0 Å². The molecule has 0 saturated carbocycles. The number of hydrogen-bond donors (Lipinski definition) is 1. The van der Waals surface area contributed by atoms with Crippen molar-refractivity contribution in [3.8, 4) is 23.3 Å². The van der Waals surface area contributed by atoms with E-state index in [4.69, 9.17) is 10.5 Å². The average Bonchev–Trinajstić information content (AvgIpc) is 3.31. The Bertz CT molecular complexity index is 1800. The van der Waals surface area contributed by atoms with Crippen molar-refractivity contribution < 1.29 is 9.53 Å². The van der Waals surface area contributed by atoms with Gasteiger partial charge in [0.2, 0.25) is 0 Å². The summed E-state index contributed by atoms with van der Waals surface area (Å²) in [6.45, 7) is 6.73. The number of anilines is 1. The summed E-state index contributed by atoms with van der Waals surface area (Å²) in [6, 6.07) is 18.4. The van der Waals surface area contributed by atoms with Gasteiger partial charge in [0.05, 0.1) is 11.7 Å². The average molecular weight is 593 g/mol. The fraction of sp³-hybridized carbons (Fsp3) is 0.364. The standard InChI is InChI=1S/C33H36N8O3/c1-33(2,38-16-7-4-8-17-38)19-23(20-34)31(42)39-18-15-25(39)21-40-30-28(29(35)36-22-37-30)41(32(40)43)24-11-13-27(14-12-24)44-26-9-5-3-6-10-26/h3,5-6,9-14,19,22,25H,4,7-8,15-18,21H2,1-2H3,(H2,35,36,37). The molecule has 0 aliphatic carbocycles. The van der Waals surface area contributed by atoms with E-state index >= 15 is 0 Å². The molecule has 0 radical (unpaired) electrons. The summed E-state index contributed by atoms with van der Waals surface area (Å²) < 4.78 is 8.94. The van der Waals surface area contributed by atoms with Gasteiger partial charge in [-0.3, -0.25) is 18.8 Å². The van der Waals surface area contributed by atoms with Crippen LogP contribution in [0.15, 0.2) is 77.4 Å². The van der Waals surface area contributed by atoms with Crippen molar-refractivity contribution in [3.63, 3.8) is 0 Å². The van der Waals surface area contributed by atoms with E-state index in [2.05, 4.69) is 34.8 Å². The van der Waals surface area contributed by atoms with Crippen LogP contribution in [0.4, 0.5) is 5.82 Å². The molecule has 0 spiro atoms. The smallest absolute Gasteiger partial charge is 0.335 e. The number of hydrogen-bond acceptors (Lipinski definition) is 8. The molecular weight excluding hydrogens is 556 g/mol. The molecule has 226 valence electrons. The number of imidazole rings is 1. The summed E-state index contributed by atoms with van der Waals surface area (Å²) in [7, 11) is 0. The third-order valence-electron chi connectivity index (χ3n) is 8.62. The Hall–Kier alpha value is -4.95. The molecule has 2 fully saturated rings. The lowest BCUT2D eigenvalue weighted by Gasteiger charge is -2.42. The molecule has 4 aromatic rings. The topological polar surface area (TPSA) is 135 Å². The predicted octanol–water partition coefficient (Wildman–Crippen LogP) is 4.27. The molecule has 0 bridgehead atoms. The van der Waals surface area contributed by atoms with E-state index in [9.17, 15) is 14.9 Å². The molecule has 2 aromatic carbocycles. The summed E-state index contributed by atoms with van der Waals surface area (Å²) >= 11 is 0. The van der Waals surface area contributed by atoms with Crippen LogP contribution >= 0.6 is 0 Å². The first-order chi connectivity index (χ1) is 21.3. The number of carbonyl (C=O) groups is 1. The van der Waals surface area contributed by atoms with Crippen LogP contribution in [0.25, 0.3) is 16.9 Å². The second-order valence-electron chi connectivity index (χ2n) is 11.9. The van der Waals surface area contributed by atoms with E-state index in [0.717, 1.165) is 25.9 Å². The second-order valence-corrected chi connectivity index (χ2v) is 11.9. The van der Waals surface area contributed by atoms with E-state index in [1.54, 1.807) is 39.8 Å². The number of amides is 1. The third kappa shape index (κ3) is 5.56. The number of carbonyl (C=O) groups excluding carboxylic acids is 1. The maximum Gasteiger partial charge on any atom is 0.335 e. The number of para-hydroxylation sites is 1. The highest BCUT2D eigenvalue weighted by Gasteiger charge is 2.37. The van der Waals surface area contributed by atoms with Crippen molar-refractivity contribution in [2.45, 2.75) is 57.7 Å². The Morgan fingerprint density at radius 3 is 2.41 bits per heavy atom. The first kappa shape index (κ1) is 29.1. The monoisotopic (exact) mass is 592 g/mol. The van der Waals surface area contributed by atoms with Gasteiger partial charge in [0.25, 0.3) is 5.91 Å². The lowest BCUT2D eigenvalue weighted by Crippen LogP contribution is -2.54. The van der Waals surface area contributed by atoms with Gasteiger partial charge >= 0.3 is 5.69 Å². The first-order valence-electron chi connectivity index (χ1n) is 15.0. The lowest BCUT2D eigenvalue weighted by molar-refractivity contribution is -0.134. The Labute approximate surface area is 255 Å². The number of piperidine rings is 1. The summed E-state index contributed by atoms with van der Waals surface area (Å²) in [6.07, 6.45) is 7.26. The minimum atomic E-state index is -0.415. The SMILES string of the molecule is CC(C)(C=C(C#N)C(=O)N1CCC1Cn1c(=O)n(-c2ccc(Oc3ccccc3)cc2)c2c(N)ncnc21)N1CCCCC1. The Morgan fingerprint density at radius 2 is 1.75 bits per heavy atom. The summed E-state index contributed by atoms with van der Waals surface area (Å²) in [5.41, 5.74) is 7.01. The molecule has 11 heteroatoms. The predicted molar refractivity (Wildman–Crippen MR) is 167 cm³/mol. The van der Waals surface area contributed by atoms with Crippen LogP contribution in [0.1, 0.15) is 39.5 Å². The lowest BCUT2D eigenvalue weighted by atomic mass is 9.94. The third-order valence-corrected chi connectivity index (χ3v) is 8.62. The van der Waals surface area contributed by atoms with Gasteiger partial charge in [0, 0.05) is 18.6 Å². The number of benzene rings is 2. The van der Waals surface area contributed by atoms with Crippen LogP contribution < -0.4 is 16.2 Å². The van der Waals surface area contributed by atoms with Gasteiger partial charge in [-0.1, -0.05) is 24.6 Å². The minimum Gasteiger partial charge on any atom is -0.457 e. The number of aromatic nitrogens is 4. The van der Waals surface area contributed by atoms with Crippen LogP contribution in [0.2, 0.25) is 0 Å². The van der Waals surface area contributed by atoms with Gasteiger partial charge < -0.3 is 15.4 Å². The molecule has 2 N–H and O–H groups in total. The van der Waals surface area contributed by atoms with Crippen LogP contribution in [0, 0.1) is 11.3 Å². The number of nitrogen functional groups attached to an aromatic ring is 1. The molecule has 1 atom stereocenters. The van der Waals surface area contributed by atoms with Crippen LogP contribution in [-0.2, 0) is 11.3 Å². The zero-order valence-corrected chi connectivity index (χ0v) is 25.0. The van der Waals surface area contributed by atoms with Crippen molar-refractivity contribution in [3.05, 3.63) is 83.1 Å². The molecule has 1 unspecified atom stereocenters. The van der Waals surface area contributed by atoms with Crippen LogP contribution in [-0.4, -0.2) is 66.0 Å². The Balaban J connectivity index is 1.26. The zero-order valence-electron chi connectivity index (χ0n) is 25.0. The van der Waals surface area contributed by atoms with Crippen LogP contribution in [0.5, 0.6) is 11.5 Å². The molecule has 2 aliphatic rings. The molecular formula is C33H36N8O3. The summed E-state index contributed by atoms with van der Waals surface area (Å²) in [5, 5.41) is 9.97. The molecule has 6 rings (SSSR count). The number of nitrogens with zero attached hydrogens (tertiary/aromatic N) is 7. The fourth-order valence-electron chi connectivity index (χ4n) is 6.11. The van der Waals surface area contributed by atoms with E-state index in [0.29, 0.717) is 41.3 Å². The number of likely N-dealkylation sites (tertiary alicyclic amines) is 2. The number of fused-ring (bicyclic) bond motifs is 1. The fourth-order valence-corrected chi connectivity index (χ4v) is 6.11. The van der Waals surface area contributed by atoms with Crippen molar-refractivity contribution in [2.24, 2.45) is 0 Å². The van der Waals surface area contributed by atoms with Crippen molar-refractivity contribution in [1.29, 1.82) is 5.26 Å². The van der Waals surface area contributed by atoms with Gasteiger partial charge in [-0.05, 0) is 88.7 Å². The highest BCUT2D eigenvalue weighted by molar-refractivity contribution is 5.98. The first-order valence-corrected chi connectivity index (χ1v) is 15.0. The second kappa shape index (κ2) is 12.0. The van der Waals surface area contributed by atoms with Gasteiger partial charge in [0.1, 0.15) is 35.0 Å². The van der Waals surface area contributed by atoms with E-state index < -0.39 is 5.54 Å². The molecule has 2 saturated heterocycles. The number of nitriles is 1. The van der Waals surface area contributed by atoms with E-state index in [1.165, 1.54) is 17.3 Å². The maximum atomic E-state index is 13.9. The van der Waals surface area contributed by atoms with Gasteiger partial charge in [0.15, 0.2) is 11.5 Å². The molecule has 4 heterocycles. The number of rotatable bonds is 8. The molecule has 11 nitrogen and oxygen atoms in total. The molecule has 44 heavy (non-hydrogen) atoms. The summed E-state index contributed by atoms with van der Waals surface area (Å²) in [4.78, 5) is 40.1. The minimum absolute atomic E-state index is 0.129. The highest BCUT2D eigenvalue weighted by atomic mass is 16.5. The van der Waals surface area contributed by atoms with Crippen molar-refractivity contribution >= 4 is 22.9 Å². The highest BCUT2D eigenvalue weighted by Crippen LogP contribution is 2.28. The number of ether oxygens (including phenoxy) is 1. The molecule has 2 aliphatic heterocycles. The van der Waals surface area contributed by atoms with E-state index in [-0.39, 0.29) is 35.6 Å². The van der Waals surface area contributed by atoms with Crippen molar-refractivity contribution in [2.75, 3.05) is 25.4 Å². The number of nitrogens with two attached hydrogens (primary N) is 1. The zero-order chi connectivity index (χ0) is 30.8. The summed E-state index contributed by atoms with van der Waals surface area (Å²) in [5.74, 6) is 1.19. The normalized spacial score (nSPS) is 17.7. The quantitative estimate of drug-likeness (QED) is 0.237. The van der Waals surface area contributed by atoms with Gasteiger partial charge in [-0.2, -0.15) is 5.26 Å². The maximum absolute atomic E-state index is 13.9. The Kier molecular flexibility index (Phi) is 7.93. The molecule has 2 aromatic heterocycles. The van der Waals surface area contributed by atoms with Crippen molar-refractivity contribution in [1.82, 2.24) is 28.9 Å².